The van der Waals surface area contributed by atoms with Crippen molar-refractivity contribution in [3.63, 3.8) is 0 Å². The number of hydrogen-bond acceptors (Lipinski definition) is 9. The summed E-state index contributed by atoms with van der Waals surface area (Å²) in [7, 11) is 0. The molecule has 0 amide bonds. The largest absolute Gasteiger partial charge is 0.481 e. The van der Waals surface area contributed by atoms with Gasteiger partial charge >= 0.3 is 23.9 Å². The number of aliphatic carboxylic acids is 1. The van der Waals surface area contributed by atoms with Crippen LogP contribution >= 0.6 is 0 Å². The summed E-state index contributed by atoms with van der Waals surface area (Å²) in [4.78, 5) is 50.4. The van der Waals surface area contributed by atoms with E-state index in [1.807, 2.05) is 6.92 Å². The average molecular weight is 446 g/mol. The van der Waals surface area contributed by atoms with E-state index in [-0.39, 0.29) is 48.1 Å². The fraction of sp³-hybridized carbons (Fsp3) is 0.550. The van der Waals surface area contributed by atoms with Crippen LogP contribution in [0.5, 0.6) is 0 Å². The van der Waals surface area contributed by atoms with Crippen molar-refractivity contribution in [2.24, 2.45) is 0 Å². The molecule has 3 rings (SSSR count). The molecule has 0 aromatic heterocycles. The van der Waals surface area contributed by atoms with Crippen LogP contribution in [-0.4, -0.2) is 57.2 Å². The minimum atomic E-state index is -1.18. The summed E-state index contributed by atoms with van der Waals surface area (Å²) in [6, 6.07) is 0. The number of rotatable bonds is 3. The lowest BCUT2D eigenvalue weighted by molar-refractivity contribution is -0.180. The van der Waals surface area contributed by atoms with Crippen LogP contribution in [0.25, 0.3) is 0 Å². The Morgan fingerprint density at radius 2 is 1.81 bits per heavy atom. The van der Waals surface area contributed by atoms with Crippen LogP contribution in [0.4, 0.5) is 0 Å². The molecule has 3 aliphatic heterocycles. The zero-order valence-electron chi connectivity index (χ0n) is 18.0. The second kappa shape index (κ2) is 14.9. The third kappa shape index (κ3) is 17.5. The molecule has 2 unspecified atom stereocenters. The van der Waals surface area contributed by atoms with Gasteiger partial charge in [-0.1, -0.05) is 0 Å². The molecule has 0 aromatic rings. The van der Waals surface area contributed by atoms with Crippen molar-refractivity contribution in [1.29, 1.82) is 0 Å². The number of esters is 3. The van der Waals surface area contributed by atoms with Crippen molar-refractivity contribution < 1.29 is 53.9 Å². The maximum absolute atomic E-state index is 10.3. The maximum Gasteiger partial charge on any atom is 0.331 e. The lowest BCUT2D eigenvalue weighted by Crippen LogP contribution is -2.21. The van der Waals surface area contributed by atoms with Crippen molar-refractivity contribution in [2.45, 2.75) is 71.7 Å². The van der Waals surface area contributed by atoms with Gasteiger partial charge in [0, 0.05) is 25.8 Å². The van der Waals surface area contributed by atoms with E-state index in [2.05, 4.69) is 14.2 Å². The molecule has 11 nitrogen and oxygen atoms in total. The van der Waals surface area contributed by atoms with E-state index in [0.29, 0.717) is 19.3 Å². The molecule has 31 heavy (non-hydrogen) atoms. The molecule has 0 aliphatic carbocycles. The smallest absolute Gasteiger partial charge is 0.331 e. The molecule has 0 aromatic carbocycles. The molecule has 176 valence electrons. The lowest BCUT2D eigenvalue weighted by Gasteiger charge is -2.12. The monoisotopic (exact) mass is 446 g/mol. The zero-order chi connectivity index (χ0) is 23.3. The molecule has 4 N–H and O–H groups in total. The van der Waals surface area contributed by atoms with E-state index < -0.39 is 11.8 Å². The summed E-state index contributed by atoms with van der Waals surface area (Å²) in [6.07, 6.45) is 6.23. The predicted molar refractivity (Wildman–Crippen MR) is 106 cm³/mol. The van der Waals surface area contributed by atoms with Crippen molar-refractivity contribution in [3.05, 3.63) is 24.0 Å². The number of aliphatic hydroxyl groups is 1. The van der Waals surface area contributed by atoms with E-state index in [0.717, 1.165) is 5.76 Å². The topological polar surface area (TPSA) is 185 Å². The summed E-state index contributed by atoms with van der Waals surface area (Å²) in [5.74, 6) is -2.13. The molecule has 0 saturated carbocycles. The lowest BCUT2D eigenvalue weighted by atomic mass is 10.2. The Hall–Kier alpha value is -3.05. The van der Waals surface area contributed by atoms with Gasteiger partial charge in [-0.3, -0.25) is 14.4 Å². The van der Waals surface area contributed by atoms with Gasteiger partial charge in [0.15, 0.2) is 0 Å². The molecular formula is C20H30O11. The number of cyclic esters (lactones) is 3. The Labute approximate surface area is 180 Å². The number of ether oxygens (including phenoxy) is 3. The van der Waals surface area contributed by atoms with Crippen molar-refractivity contribution in [2.75, 3.05) is 0 Å². The molecule has 11 heteroatoms. The Morgan fingerprint density at radius 1 is 1.19 bits per heavy atom. The molecule has 1 fully saturated rings. The van der Waals surface area contributed by atoms with Crippen molar-refractivity contribution in [3.8, 4) is 0 Å². The van der Waals surface area contributed by atoms with Crippen LogP contribution < -0.4 is 0 Å². The standard InChI is InChI=1S/2C5H8O3.2C5H6O2.H2O/c1-5(7)3-2-4(6)8-5;1-4(6)2-3-5(7)8;2*1-4-2-3-5(6)7-4;/h7H,2-3H2,1H3;2-3H2,1H3,(H,7,8);2H,3H2,1H3;2-4H,1H3;1H2. The minimum absolute atomic E-state index is 0. The highest BCUT2D eigenvalue weighted by Crippen LogP contribution is 2.21. The second-order valence-corrected chi connectivity index (χ2v) is 6.74. The molecule has 0 spiro atoms. The summed E-state index contributed by atoms with van der Waals surface area (Å²) >= 11 is 0. The van der Waals surface area contributed by atoms with E-state index in [9.17, 15) is 24.0 Å². The third-order valence-electron chi connectivity index (χ3n) is 3.45. The van der Waals surface area contributed by atoms with Gasteiger partial charge in [0.05, 0.1) is 19.3 Å². The molecule has 3 aliphatic rings. The van der Waals surface area contributed by atoms with Gasteiger partial charge in [0.2, 0.25) is 5.79 Å². The Kier molecular flexibility index (Phi) is 14.4. The van der Waals surface area contributed by atoms with Crippen LogP contribution in [0.1, 0.15) is 59.8 Å². The fourth-order valence-corrected chi connectivity index (χ4v) is 1.93. The van der Waals surface area contributed by atoms with E-state index in [1.165, 1.54) is 19.9 Å². The molecule has 1 saturated heterocycles. The van der Waals surface area contributed by atoms with Crippen LogP contribution in [-0.2, 0) is 38.2 Å². The first-order valence-electron chi connectivity index (χ1n) is 9.22. The first-order chi connectivity index (χ1) is 13.8. The van der Waals surface area contributed by atoms with E-state index >= 15 is 0 Å². The first kappa shape index (κ1) is 30.1. The first-order valence-corrected chi connectivity index (χ1v) is 9.22. The highest BCUT2D eigenvalue weighted by atomic mass is 16.7. The quantitative estimate of drug-likeness (QED) is 0.467. The molecule has 0 bridgehead atoms. The zero-order valence-corrected chi connectivity index (χ0v) is 18.0. The molecule has 3 heterocycles. The third-order valence-corrected chi connectivity index (χ3v) is 3.45. The summed E-state index contributed by atoms with van der Waals surface area (Å²) in [5.41, 5.74) is 0. The van der Waals surface area contributed by atoms with Gasteiger partial charge < -0.3 is 34.7 Å². The molecule has 0 radical (unpaired) electrons. The van der Waals surface area contributed by atoms with Gasteiger partial charge in [0.25, 0.3) is 0 Å². The number of carbonyl (C=O) groups is 5. The Balaban J connectivity index is 0. The highest BCUT2D eigenvalue weighted by Gasteiger charge is 2.32. The van der Waals surface area contributed by atoms with Gasteiger partial charge in [-0.25, -0.2) is 4.79 Å². The minimum Gasteiger partial charge on any atom is -0.481 e. The number of allylic oxidation sites excluding steroid dienone is 1. The van der Waals surface area contributed by atoms with Gasteiger partial charge in [-0.2, -0.15) is 0 Å². The normalized spacial score (nSPS) is 22.5. The molecule has 2 atom stereocenters. The Bertz CT molecular complexity index is 690. The summed E-state index contributed by atoms with van der Waals surface area (Å²) in [6.45, 7) is 6.45. The second-order valence-electron chi connectivity index (χ2n) is 6.74. The van der Waals surface area contributed by atoms with Gasteiger partial charge in [-0.15, -0.1) is 0 Å². The fourth-order valence-electron chi connectivity index (χ4n) is 1.93. The number of carboxylic acid groups (broad SMARTS) is 1. The summed E-state index contributed by atoms with van der Waals surface area (Å²) in [5, 5.41) is 16.9. The number of carbonyl (C=O) groups excluding carboxylic acids is 4. The van der Waals surface area contributed by atoms with Gasteiger partial charge in [-0.05, 0) is 32.9 Å². The van der Waals surface area contributed by atoms with E-state index in [1.54, 1.807) is 19.1 Å². The van der Waals surface area contributed by atoms with Gasteiger partial charge in [0.1, 0.15) is 17.6 Å². The number of ketones is 1. The highest BCUT2D eigenvalue weighted by molar-refractivity contribution is 5.84. The summed E-state index contributed by atoms with van der Waals surface area (Å²) < 4.78 is 13.7. The SMILES string of the molecule is CC(=O)CCC(=O)O.CC1(O)CCC(=O)O1.CC1=CCC(=O)O1.CC1C=CC(=O)O1.O. The van der Waals surface area contributed by atoms with Crippen LogP contribution in [0.2, 0.25) is 0 Å². The van der Waals surface area contributed by atoms with Crippen molar-refractivity contribution in [1.82, 2.24) is 0 Å². The molecular weight excluding hydrogens is 416 g/mol. The van der Waals surface area contributed by atoms with Crippen LogP contribution in [0.3, 0.4) is 0 Å². The van der Waals surface area contributed by atoms with Crippen LogP contribution in [0, 0.1) is 0 Å². The maximum atomic E-state index is 10.3. The number of Topliss-reactive ketones (excluding diaryl/α,β-unsaturated/α-hetero) is 1. The number of hydrogen-bond donors (Lipinski definition) is 2. The van der Waals surface area contributed by atoms with Crippen molar-refractivity contribution >= 4 is 29.7 Å². The van der Waals surface area contributed by atoms with E-state index in [4.69, 9.17) is 10.2 Å². The number of carboxylic acids is 1. The average Bonchev–Trinajstić information content (AvgIpc) is 3.28. The predicted octanol–water partition coefficient (Wildman–Crippen LogP) is 0.972. The van der Waals surface area contributed by atoms with Crippen LogP contribution in [0.15, 0.2) is 24.0 Å². The Morgan fingerprint density at radius 3 is 1.94 bits per heavy atom.